The molecular weight excluding hydrogens is 504 g/mol. The van der Waals surface area contributed by atoms with Gasteiger partial charge in [-0.05, 0) is 61.2 Å². The molecule has 4 rings (SSSR count). The third-order valence-electron chi connectivity index (χ3n) is 6.63. The van der Waals surface area contributed by atoms with Crippen molar-refractivity contribution in [2.24, 2.45) is 13.0 Å². The van der Waals surface area contributed by atoms with Crippen LogP contribution in [-0.4, -0.2) is 39.5 Å². The van der Waals surface area contributed by atoms with Gasteiger partial charge in [-0.2, -0.15) is 13.2 Å². The lowest BCUT2D eigenvalue weighted by Gasteiger charge is -2.31. The Morgan fingerprint density at radius 3 is 2.54 bits per heavy atom. The lowest BCUT2D eigenvalue weighted by molar-refractivity contribution is -0.143. The number of aryl methyl sites for hydroxylation is 2. The smallest absolute Gasteiger partial charge is 0.416 e. The molecule has 35 heavy (non-hydrogen) atoms. The zero-order valence-electron chi connectivity index (χ0n) is 19.0. The molecule has 0 bridgehead atoms. The first-order chi connectivity index (χ1) is 16.4. The molecule has 3 aromatic rings. The molecule has 1 saturated heterocycles. The van der Waals surface area contributed by atoms with E-state index in [0.717, 1.165) is 12.1 Å². The van der Waals surface area contributed by atoms with Crippen molar-refractivity contribution in [3.8, 4) is 0 Å². The normalized spacial score (nSPS) is 16.7. The van der Waals surface area contributed by atoms with Crippen LogP contribution in [0, 0.1) is 12.8 Å². The van der Waals surface area contributed by atoms with E-state index >= 15 is 0 Å². The molecule has 1 amide bonds. The first-order valence-electron chi connectivity index (χ1n) is 11.0. The minimum atomic E-state index is -4.46. The number of aliphatic carboxylic acids is 1. The van der Waals surface area contributed by atoms with Crippen LogP contribution in [0.1, 0.15) is 45.6 Å². The number of carboxylic acid groups (broad SMARTS) is 1. The van der Waals surface area contributed by atoms with Gasteiger partial charge in [0.05, 0.1) is 22.1 Å². The standard InChI is InChI=1S/C25H23Cl2F3N2O3/c1-13-8-15(25(28,29)30)9-21-18(13)10-16(31(21)2)11-19-20(26)6-5-17(22(19)27)23(33)32-7-3-4-14(12-32)24(34)35/h5-6,8-10,14H,3-4,7,11-12H2,1-2H3,(H,34,35). The summed E-state index contributed by atoms with van der Waals surface area (Å²) in [6.07, 6.45) is -3.17. The van der Waals surface area contributed by atoms with E-state index in [4.69, 9.17) is 23.2 Å². The highest BCUT2D eigenvalue weighted by molar-refractivity contribution is 6.38. The van der Waals surface area contributed by atoms with Gasteiger partial charge in [-0.3, -0.25) is 9.59 Å². The summed E-state index contributed by atoms with van der Waals surface area (Å²) < 4.78 is 41.6. The number of carbonyl (C=O) groups excluding carboxylic acids is 1. The van der Waals surface area contributed by atoms with Crippen molar-refractivity contribution in [2.75, 3.05) is 13.1 Å². The molecule has 1 fully saturated rings. The average molecular weight is 527 g/mol. The van der Waals surface area contributed by atoms with Crippen molar-refractivity contribution in [3.05, 3.63) is 68.3 Å². The Bertz CT molecular complexity index is 1330. The van der Waals surface area contributed by atoms with Crippen LogP contribution in [0.15, 0.2) is 30.3 Å². The number of piperidine rings is 1. The molecule has 0 saturated carbocycles. The largest absolute Gasteiger partial charge is 0.481 e. The number of nitrogens with zero attached hydrogens (tertiary/aromatic N) is 2. The molecule has 1 N–H and O–H groups in total. The van der Waals surface area contributed by atoms with Crippen LogP contribution in [-0.2, 0) is 24.4 Å². The Kier molecular flexibility index (Phi) is 6.81. The molecule has 10 heteroatoms. The molecule has 0 spiro atoms. The molecule has 0 aliphatic carbocycles. The fraction of sp³-hybridized carbons (Fsp3) is 0.360. The van der Waals surface area contributed by atoms with E-state index in [0.29, 0.717) is 52.1 Å². The number of carbonyl (C=O) groups is 2. The zero-order chi connectivity index (χ0) is 25.7. The van der Waals surface area contributed by atoms with Crippen LogP contribution in [0.2, 0.25) is 10.0 Å². The topological polar surface area (TPSA) is 62.5 Å². The maximum absolute atomic E-state index is 13.3. The maximum atomic E-state index is 13.3. The second kappa shape index (κ2) is 9.39. The van der Waals surface area contributed by atoms with Crippen molar-refractivity contribution in [1.29, 1.82) is 0 Å². The molecule has 1 aliphatic heterocycles. The minimum absolute atomic E-state index is 0.104. The van der Waals surface area contributed by atoms with Gasteiger partial charge in [0, 0.05) is 48.2 Å². The monoisotopic (exact) mass is 526 g/mol. The molecule has 2 heterocycles. The summed E-state index contributed by atoms with van der Waals surface area (Å²) in [5.41, 5.74) is 1.58. The number of alkyl halides is 3. The lowest BCUT2D eigenvalue weighted by atomic mass is 9.97. The van der Waals surface area contributed by atoms with E-state index < -0.39 is 23.6 Å². The Balaban J connectivity index is 1.70. The maximum Gasteiger partial charge on any atom is 0.416 e. The van der Waals surface area contributed by atoms with Gasteiger partial charge in [0.1, 0.15) is 0 Å². The summed E-state index contributed by atoms with van der Waals surface area (Å²) in [7, 11) is 1.67. The number of aromatic nitrogens is 1. The SMILES string of the molecule is Cc1cc(C(F)(F)F)cc2c1cc(Cc1c(Cl)ccc(C(=O)N3CCCC(C(=O)O)C3)c1Cl)n2C. The quantitative estimate of drug-likeness (QED) is 0.431. The number of halogens is 5. The van der Waals surface area contributed by atoms with Gasteiger partial charge in [0.2, 0.25) is 0 Å². The summed E-state index contributed by atoms with van der Waals surface area (Å²) >= 11 is 13.1. The van der Waals surface area contributed by atoms with E-state index in [9.17, 15) is 27.9 Å². The number of likely N-dealkylation sites (tertiary alicyclic amines) is 1. The number of hydrogen-bond acceptors (Lipinski definition) is 2. The number of rotatable bonds is 4. The highest BCUT2D eigenvalue weighted by atomic mass is 35.5. The Morgan fingerprint density at radius 2 is 1.89 bits per heavy atom. The predicted octanol–water partition coefficient (Wildman–Crippen LogP) is 6.34. The fourth-order valence-corrected chi connectivity index (χ4v) is 5.22. The molecule has 1 atom stereocenters. The second-order valence-corrected chi connectivity index (χ2v) is 9.70. The van der Waals surface area contributed by atoms with Gasteiger partial charge < -0.3 is 14.6 Å². The third-order valence-corrected chi connectivity index (χ3v) is 7.41. The predicted molar refractivity (Wildman–Crippen MR) is 128 cm³/mol. The van der Waals surface area contributed by atoms with E-state index in [-0.39, 0.29) is 29.5 Å². The van der Waals surface area contributed by atoms with Crippen molar-refractivity contribution in [3.63, 3.8) is 0 Å². The van der Waals surface area contributed by atoms with Gasteiger partial charge in [-0.1, -0.05) is 23.2 Å². The zero-order valence-corrected chi connectivity index (χ0v) is 20.6. The molecule has 5 nitrogen and oxygen atoms in total. The Labute approximate surface area is 210 Å². The van der Waals surface area contributed by atoms with Crippen molar-refractivity contribution in [2.45, 2.75) is 32.4 Å². The van der Waals surface area contributed by atoms with Crippen molar-refractivity contribution in [1.82, 2.24) is 9.47 Å². The molecule has 2 aromatic carbocycles. The summed E-state index contributed by atoms with van der Waals surface area (Å²) in [6.45, 7) is 2.16. The minimum Gasteiger partial charge on any atom is -0.481 e. The Morgan fingerprint density at radius 1 is 1.17 bits per heavy atom. The van der Waals surface area contributed by atoms with Gasteiger partial charge in [0.15, 0.2) is 0 Å². The lowest BCUT2D eigenvalue weighted by Crippen LogP contribution is -2.42. The van der Waals surface area contributed by atoms with Crippen molar-refractivity contribution < 1.29 is 27.9 Å². The number of hydrogen-bond donors (Lipinski definition) is 1. The molecule has 0 radical (unpaired) electrons. The number of carboxylic acids is 1. The Hall–Kier alpha value is -2.71. The van der Waals surface area contributed by atoms with Crippen LogP contribution >= 0.6 is 23.2 Å². The van der Waals surface area contributed by atoms with E-state index in [1.807, 2.05) is 0 Å². The number of amides is 1. The first-order valence-corrected chi connectivity index (χ1v) is 11.8. The number of benzene rings is 2. The van der Waals surface area contributed by atoms with Gasteiger partial charge >= 0.3 is 12.1 Å². The van der Waals surface area contributed by atoms with Crippen LogP contribution < -0.4 is 0 Å². The summed E-state index contributed by atoms with van der Waals surface area (Å²) in [5, 5.41) is 10.5. The highest BCUT2D eigenvalue weighted by Gasteiger charge is 2.32. The van der Waals surface area contributed by atoms with Crippen LogP contribution in [0.5, 0.6) is 0 Å². The van der Waals surface area contributed by atoms with Crippen LogP contribution in [0.25, 0.3) is 10.9 Å². The van der Waals surface area contributed by atoms with Crippen LogP contribution in [0.3, 0.4) is 0 Å². The fourth-order valence-electron chi connectivity index (χ4n) is 4.64. The van der Waals surface area contributed by atoms with Gasteiger partial charge in [-0.15, -0.1) is 0 Å². The molecule has 1 aromatic heterocycles. The highest BCUT2D eigenvalue weighted by Crippen LogP contribution is 2.36. The van der Waals surface area contributed by atoms with E-state index in [1.54, 1.807) is 30.7 Å². The summed E-state index contributed by atoms with van der Waals surface area (Å²) in [6, 6.07) is 7.11. The summed E-state index contributed by atoms with van der Waals surface area (Å²) in [4.78, 5) is 26.1. The molecule has 1 aliphatic rings. The van der Waals surface area contributed by atoms with Gasteiger partial charge in [0.25, 0.3) is 5.91 Å². The molecule has 186 valence electrons. The van der Waals surface area contributed by atoms with Gasteiger partial charge in [-0.25, -0.2) is 0 Å². The average Bonchev–Trinajstić information content (AvgIpc) is 3.11. The molecule has 1 unspecified atom stereocenters. The third kappa shape index (κ3) is 4.86. The number of fused-ring (bicyclic) bond motifs is 1. The van der Waals surface area contributed by atoms with E-state index in [2.05, 4.69) is 0 Å². The second-order valence-electron chi connectivity index (χ2n) is 8.91. The van der Waals surface area contributed by atoms with Crippen molar-refractivity contribution >= 4 is 46.0 Å². The summed E-state index contributed by atoms with van der Waals surface area (Å²) in [5.74, 6) is -1.94. The molecular formula is C25H23Cl2F3N2O3. The van der Waals surface area contributed by atoms with E-state index in [1.165, 1.54) is 11.0 Å². The van der Waals surface area contributed by atoms with Crippen LogP contribution in [0.4, 0.5) is 13.2 Å². The first kappa shape index (κ1) is 25.4.